The van der Waals surface area contributed by atoms with E-state index in [0.29, 0.717) is 0 Å². The number of aliphatic carboxylic acids is 1. The number of nitrogens with zero attached hydrogens (tertiary/aromatic N) is 1. The smallest absolute Gasteiger partial charge is 0.481 e. The summed E-state index contributed by atoms with van der Waals surface area (Å²) in [5, 5.41) is 8.53. The monoisotopic (exact) mass is 268 g/mol. The second kappa shape index (κ2) is 5.07. The zero-order chi connectivity index (χ0) is 13.9. The fourth-order valence-electron chi connectivity index (χ4n) is 1.19. The Kier molecular flexibility index (Phi) is 3.94. The maximum Gasteiger partial charge on any atom is 0.574 e. The van der Waals surface area contributed by atoms with Gasteiger partial charge in [0.25, 0.3) is 0 Å². The second-order valence-corrected chi connectivity index (χ2v) is 3.25. The van der Waals surface area contributed by atoms with Gasteiger partial charge in [-0.15, -0.1) is 13.2 Å². The van der Waals surface area contributed by atoms with Crippen molar-refractivity contribution in [1.82, 2.24) is 4.98 Å². The van der Waals surface area contributed by atoms with Gasteiger partial charge in [0, 0.05) is 11.1 Å². The van der Waals surface area contributed by atoms with Gasteiger partial charge in [-0.25, -0.2) is 4.39 Å². The molecule has 0 aliphatic heterocycles. The Hall–Kier alpha value is -2.06. The molecular formula is C9H8F4N2O3. The molecule has 0 aliphatic carbocycles. The highest BCUT2D eigenvalue weighted by atomic mass is 19.4. The molecule has 1 aromatic heterocycles. The lowest BCUT2D eigenvalue weighted by Gasteiger charge is -2.13. The minimum absolute atomic E-state index is 0.194. The molecule has 0 bridgehead atoms. The summed E-state index contributed by atoms with van der Waals surface area (Å²) < 4.78 is 52.1. The number of alkyl halides is 4. The summed E-state index contributed by atoms with van der Waals surface area (Å²) in [6.45, 7) is -1.07. The van der Waals surface area contributed by atoms with E-state index >= 15 is 0 Å². The topological polar surface area (TPSA) is 85.4 Å². The number of aromatic nitrogens is 1. The van der Waals surface area contributed by atoms with Crippen LogP contribution < -0.4 is 10.5 Å². The highest BCUT2D eigenvalue weighted by Gasteiger charge is 2.33. The van der Waals surface area contributed by atoms with Crippen LogP contribution in [-0.2, 0) is 17.9 Å². The SMILES string of the molecule is Nc1nc(OC(F)(F)F)c(CC(=O)O)cc1CF. The number of carboxylic acid groups (broad SMARTS) is 1. The first-order valence-corrected chi connectivity index (χ1v) is 4.54. The van der Waals surface area contributed by atoms with Gasteiger partial charge < -0.3 is 15.6 Å². The number of ether oxygens (including phenoxy) is 1. The predicted molar refractivity (Wildman–Crippen MR) is 51.5 cm³/mol. The summed E-state index contributed by atoms with van der Waals surface area (Å²) in [6, 6.07) is 0.886. The molecule has 0 saturated carbocycles. The average molecular weight is 268 g/mol. The molecule has 0 fully saturated rings. The minimum Gasteiger partial charge on any atom is -0.481 e. The lowest BCUT2D eigenvalue weighted by Crippen LogP contribution is -2.20. The largest absolute Gasteiger partial charge is 0.574 e. The molecule has 1 rings (SSSR count). The fourth-order valence-corrected chi connectivity index (χ4v) is 1.19. The average Bonchev–Trinajstić information content (AvgIpc) is 2.19. The number of nitrogen functional groups attached to an aromatic ring is 1. The number of hydrogen-bond acceptors (Lipinski definition) is 4. The first-order chi connectivity index (χ1) is 8.23. The fraction of sp³-hybridized carbons (Fsp3) is 0.333. The van der Waals surface area contributed by atoms with Crippen LogP contribution in [0.3, 0.4) is 0 Å². The van der Waals surface area contributed by atoms with Crippen LogP contribution in [0.5, 0.6) is 5.88 Å². The molecule has 9 heteroatoms. The summed E-state index contributed by atoms with van der Waals surface area (Å²) in [6.07, 6.45) is -5.82. The predicted octanol–water partition coefficient (Wildman–Crippen LogP) is 1.66. The summed E-state index contributed by atoms with van der Waals surface area (Å²) in [5.41, 5.74) is 4.61. The van der Waals surface area contributed by atoms with E-state index in [1.165, 1.54) is 0 Å². The molecule has 18 heavy (non-hydrogen) atoms. The van der Waals surface area contributed by atoms with Crippen molar-refractivity contribution in [1.29, 1.82) is 0 Å². The van der Waals surface area contributed by atoms with Gasteiger partial charge in [0.1, 0.15) is 12.5 Å². The Morgan fingerprint density at radius 3 is 2.50 bits per heavy atom. The summed E-state index contributed by atoms with van der Waals surface area (Å²) >= 11 is 0. The van der Waals surface area contributed by atoms with E-state index in [-0.39, 0.29) is 5.56 Å². The van der Waals surface area contributed by atoms with Crippen LogP contribution >= 0.6 is 0 Å². The number of carboxylic acids is 1. The van der Waals surface area contributed by atoms with E-state index in [0.717, 1.165) is 6.07 Å². The molecule has 0 unspecified atom stereocenters. The van der Waals surface area contributed by atoms with Gasteiger partial charge >= 0.3 is 12.3 Å². The molecule has 1 heterocycles. The lowest BCUT2D eigenvalue weighted by atomic mass is 10.1. The zero-order valence-corrected chi connectivity index (χ0v) is 8.79. The van der Waals surface area contributed by atoms with E-state index < -0.39 is 42.7 Å². The highest BCUT2D eigenvalue weighted by Crippen LogP contribution is 2.28. The quantitative estimate of drug-likeness (QED) is 0.811. The van der Waals surface area contributed by atoms with Gasteiger partial charge in [0.05, 0.1) is 6.42 Å². The van der Waals surface area contributed by atoms with Crippen LogP contribution in [0.15, 0.2) is 6.07 Å². The van der Waals surface area contributed by atoms with Crippen LogP contribution in [0, 0.1) is 0 Å². The standard InChI is InChI=1S/C9H8F4N2O3/c10-3-5-1-4(2-6(16)17)8(15-7(5)14)18-9(11,12)13/h1H,2-3H2,(H2,14,15)(H,16,17). The minimum atomic E-state index is -5.04. The van der Waals surface area contributed by atoms with E-state index in [2.05, 4.69) is 9.72 Å². The second-order valence-electron chi connectivity index (χ2n) is 3.25. The zero-order valence-electron chi connectivity index (χ0n) is 8.79. The molecule has 5 nitrogen and oxygen atoms in total. The van der Waals surface area contributed by atoms with E-state index in [1.54, 1.807) is 0 Å². The van der Waals surface area contributed by atoms with E-state index in [4.69, 9.17) is 10.8 Å². The van der Waals surface area contributed by atoms with Crippen molar-refractivity contribution in [3.8, 4) is 5.88 Å². The normalized spacial score (nSPS) is 11.3. The molecule has 3 N–H and O–H groups in total. The van der Waals surface area contributed by atoms with Crippen molar-refractivity contribution in [2.75, 3.05) is 5.73 Å². The summed E-state index contributed by atoms with van der Waals surface area (Å²) in [5.74, 6) is -2.87. The van der Waals surface area contributed by atoms with Crippen molar-refractivity contribution in [2.24, 2.45) is 0 Å². The number of hydrogen-bond donors (Lipinski definition) is 2. The molecular weight excluding hydrogens is 260 g/mol. The van der Waals surface area contributed by atoms with Crippen molar-refractivity contribution < 1.29 is 32.2 Å². The first-order valence-electron chi connectivity index (χ1n) is 4.54. The van der Waals surface area contributed by atoms with Gasteiger partial charge in [-0.1, -0.05) is 0 Å². The Labute approximate surface area is 98.2 Å². The number of halogens is 4. The molecule has 0 amide bonds. The molecule has 0 spiro atoms. The molecule has 0 saturated heterocycles. The summed E-state index contributed by atoms with van der Waals surface area (Å²) in [7, 11) is 0. The van der Waals surface area contributed by atoms with Crippen LogP contribution in [0.1, 0.15) is 11.1 Å². The molecule has 100 valence electrons. The van der Waals surface area contributed by atoms with E-state index in [9.17, 15) is 22.4 Å². The third-order valence-electron chi connectivity index (χ3n) is 1.87. The Balaban J connectivity index is 3.20. The van der Waals surface area contributed by atoms with Gasteiger partial charge in [0.2, 0.25) is 5.88 Å². The number of pyridine rings is 1. The molecule has 1 aromatic rings. The molecule has 0 radical (unpaired) electrons. The van der Waals surface area contributed by atoms with E-state index in [1.807, 2.05) is 0 Å². The van der Waals surface area contributed by atoms with Crippen molar-refractivity contribution >= 4 is 11.8 Å². The van der Waals surface area contributed by atoms with Crippen LogP contribution in [0.25, 0.3) is 0 Å². The van der Waals surface area contributed by atoms with Crippen LogP contribution in [0.2, 0.25) is 0 Å². The number of rotatable bonds is 4. The Morgan fingerprint density at radius 1 is 1.44 bits per heavy atom. The van der Waals surface area contributed by atoms with Crippen LogP contribution in [-0.4, -0.2) is 22.4 Å². The lowest BCUT2D eigenvalue weighted by molar-refractivity contribution is -0.276. The van der Waals surface area contributed by atoms with Gasteiger partial charge in [-0.2, -0.15) is 4.98 Å². The molecule has 0 aromatic carbocycles. The Bertz CT molecular complexity index is 462. The maximum atomic E-state index is 12.4. The van der Waals surface area contributed by atoms with Crippen molar-refractivity contribution in [3.05, 3.63) is 17.2 Å². The summed E-state index contributed by atoms with van der Waals surface area (Å²) in [4.78, 5) is 13.7. The third-order valence-corrected chi connectivity index (χ3v) is 1.87. The van der Waals surface area contributed by atoms with Gasteiger partial charge in [-0.05, 0) is 6.07 Å². The van der Waals surface area contributed by atoms with Crippen molar-refractivity contribution in [2.45, 2.75) is 19.5 Å². The number of nitrogens with two attached hydrogens (primary N) is 1. The Morgan fingerprint density at radius 2 is 2.06 bits per heavy atom. The number of anilines is 1. The number of carbonyl (C=O) groups is 1. The molecule has 0 aliphatic rings. The highest BCUT2D eigenvalue weighted by molar-refractivity contribution is 5.71. The van der Waals surface area contributed by atoms with Crippen LogP contribution in [0.4, 0.5) is 23.4 Å². The van der Waals surface area contributed by atoms with Gasteiger partial charge in [0.15, 0.2) is 0 Å². The van der Waals surface area contributed by atoms with Gasteiger partial charge in [-0.3, -0.25) is 4.79 Å². The third kappa shape index (κ3) is 3.75. The molecule has 0 atom stereocenters. The maximum absolute atomic E-state index is 12.4. The van der Waals surface area contributed by atoms with Crippen molar-refractivity contribution in [3.63, 3.8) is 0 Å². The first kappa shape index (κ1) is 14.0.